The lowest BCUT2D eigenvalue weighted by Crippen LogP contribution is -2.12. The number of nitrogens with one attached hydrogen (secondary N) is 1. The van der Waals surface area contributed by atoms with Crippen molar-refractivity contribution in [2.45, 2.75) is 32.1 Å². The molecule has 19 heavy (non-hydrogen) atoms. The van der Waals surface area contributed by atoms with Gasteiger partial charge in [0.25, 0.3) is 0 Å². The van der Waals surface area contributed by atoms with Crippen molar-refractivity contribution >= 4 is 27.5 Å². The summed E-state index contributed by atoms with van der Waals surface area (Å²) in [6, 6.07) is 1.96. The molecule has 0 heterocycles. The zero-order valence-electron chi connectivity index (χ0n) is 10.5. The first-order chi connectivity index (χ1) is 9.04. The molecule has 1 amide bonds. The van der Waals surface area contributed by atoms with Crippen LogP contribution < -0.4 is 11.1 Å². The highest BCUT2D eigenvalue weighted by atomic mass is 79.9. The molecule has 0 aliphatic heterocycles. The molecule has 1 aromatic rings. The van der Waals surface area contributed by atoms with Gasteiger partial charge in [0, 0.05) is 12.5 Å². The molecule has 106 valence electrons. The van der Waals surface area contributed by atoms with Crippen LogP contribution in [0.15, 0.2) is 16.6 Å². The standard InChI is InChI=1S/C13H17BrF2N2O/c14-9-7-12(11(16)8-10(9)15)18-13(19)5-3-1-2-4-6-17/h7-8H,1-6,17H2,(H,18,19). The molecule has 0 atom stereocenters. The minimum atomic E-state index is -0.780. The second-order valence-corrected chi connectivity index (χ2v) is 5.10. The topological polar surface area (TPSA) is 55.1 Å². The fourth-order valence-electron chi connectivity index (χ4n) is 1.61. The van der Waals surface area contributed by atoms with Crippen molar-refractivity contribution in [3.05, 3.63) is 28.2 Å². The lowest BCUT2D eigenvalue weighted by Gasteiger charge is -2.07. The fraction of sp³-hybridized carbons (Fsp3) is 0.462. The van der Waals surface area contributed by atoms with Gasteiger partial charge in [0.15, 0.2) is 0 Å². The molecule has 0 saturated carbocycles. The molecule has 1 aromatic carbocycles. The molecule has 6 heteroatoms. The fourth-order valence-corrected chi connectivity index (χ4v) is 1.96. The number of carbonyl (C=O) groups excluding carboxylic acids is 1. The van der Waals surface area contributed by atoms with Gasteiger partial charge < -0.3 is 11.1 Å². The van der Waals surface area contributed by atoms with Crippen molar-refractivity contribution in [2.24, 2.45) is 5.73 Å². The Hall–Kier alpha value is -1.01. The average molecular weight is 335 g/mol. The van der Waals surface area contributed by atoms with E-state index >= 15 is 0 Å². The maximum Gasteiger partial charge on any atom is 0.224 e. The predicted octanol–water partition coefficient (Wildman–Crippen LogP) is 3.58. The van der Waals surface area contributed by atoms with Crippen LogP contribution in [-0.2, 0) is 4.79 Å². The molecule has 0 fully saturated rings. The summed E-state index contributed by atoms with van der Waals surface area (Å²) in [7, 11) is 0. The highest BCUT2D eigenvalue weighted by molar-refractivity contribution is 9.10. The lowest BCUT2D eigenvalue weighted by atomic mass is 10.1. The number of unbranched alkanes of at least 4 members (excludes halogenated alkanes) is 3. The lowest BCUT2D eigenvalue weighted by molar-refractivity contribution is -0.116. The van der Waals surface area contributed by atoms with Crippen LogP contribution in [0.1, 0.15) is 32.1 Å². The Morgan fingerprint density at radius 3 is 2.53 bits per heavy atom. The second-order valence-electron chi connectivity index (χ2n) is 4.25. The van der Waals surface area contributed by atoms with E-state index in [0.717, 1.165) is 31.7 Å². The van der Waals surface area contributed by atoms with Crippen LogP contribution >= 0.6 is 15.9 Å². The maximum absolute atomic E-state index is 13.4. The Morgan fingerprint density at radius 1 is 1.16 bits per heavy atom. The molecule has 3 N–H and O–H groups in total. The van der Waals surface area contributed by atoms with Gasteiger partial charge >= 0.3 is 0 Å². The zero-order chi connectivity index (χ0) is 14.3. The van der Waals surface area contributed by atoms with Gasteiger partial charge in [0.2, 0.25) is 5.91 Å². The summed E-state index contributed by atoms with van der Waals surface area (Å²) in [5.41, 5.74) is 5.35. The predicted molar refractivity (Wildman–Crippen MR) is 74.8 cm³/mol. The van der Waals surface area contributed by atoms with E-state index in [9.17, 15) is 13.6 Å². The van der Waals surface area contributed by atoms with E-state index < -0.39 is 11.6 Å². The highest BCUT2D eigenvalue weighted by Crippen LogP contribution is 2.23. The first-order valence-electron chi connectivity index (χ1n) is 6.19. The minimum absolute atomic E-state index is 0.0137. The van der Waals surface area contributed by atoms with Gasteiger partial charge in [-0.2, -0.15) is 0 Å². The summed E-state index contributed by atoms with van der Waals surface area (Å²) in [6.07, 6.45) is 3.90. The number of rotatable bonds is 7. The molecule has 0 aromatic heterocycles. The third-order valence-electron chi connectivity index (χ3n) is 2.64. The van der Waals surface area contributed by atoms with Crippen molar-refractivity contribution in [1.82, 2.24) is 0 Å². The third kappa shape index (κ3) is 5.65. The average Bonchev–Trinajstić information content (AvgIpc) is 2.35. The zero-order valence-corrected chi connectivity index (χ0v) is 12.1. The number of benzene rings is 1. The highest BCUT2D eigenvalue weighted by Gasteiger charge is 2.10. The molecule has 1 rings (SSSR count). The molecule has 0 radical (unpaired) electrons. The van der Waals surface area contributed by atoms with Crippen molar-refractivity contribution in [2.75, 3.05) is 11.9 Å². The molecular formula is C13H17BrF2N2O. The second kappa shape index (κ2) is 8.22. The third-order valence-corrected chi connectivity index (χ3v) is 3.25. The van der Waals surface area contributed by atoms with E-state index in [4.69, 9.17) is 5.73 Å². The van der Waals surface area contributed by atoms with E-state index in [0.29, 0.717) is 13.0 Å². The Labute approximate surface area is 119 Å². The normalized spacial score (nSPS) is 10.5. The Balaban J connectivity index is 2.42. The van der Waals surface area contributed by atoms with Crippen molar-refractivity contribution in [3.8, 4) is 0 Å². The summed E-state index contributed by atoms with van der Waals surface area (Å²) in [4.78, 5) is 11.6. The Morgan fingerprint density at radius 2 is 1.84 bits per heavy atom. The van der Waals surface area contributed by atoms with E-state index in [1.165, 1.54) is 6.07 Å². The van der Waals surface area contributed by atoms with Crippen LogP contribution in [0.25, 0.3) is 0 Å². The maximum atomic E-state index is 13.4. The molecule has 0 saturated heterocycles. The summed E-state index contributed by atoms with van der Waals surface area (Å²) in [5.74, 6) is -1.75. The minimum Gasteiger partial charge on any atom is -0.330 e. The van der Waals surface area contributed by atoms with E-state index in [1.807, 2.05) is 0 Å². The number of carbonyl (C=O) groups is 1. The van der Waals surface area contributed by atoms with Gasteiger partial charge in [0.1, 0.15) is 11.6 Å². The van der Waals surface area contributed by atoms with Crippen molar-refractivity contribution < 1.29 is 13.6 Å². The SMILES string of the molecule is NCCCCCCC(=O)Nc1cc(Br)c(F)cc1F. The largest absolute Gasteiger partial charge is 0.330 e. The van der Waals surface area contributed by atoms with Crippen molar-refractivity contribution in [3.63, 3.8) is 0 Å². The van der Waals surface area contributed by atoms with Crippen LogP contribution in [0.5, 0.6) is 0 Å². The Kier molecular flexibility index (Phi) is 6.94. The summed E-state index contributed by atoms with van der Waals surface area (Å²) < 4.78 is 26.5. The first-order valence-corrected chi connectivity index (χ1v) is 6.98. The smallest absolute Gasteiger partial charge is 0.224 e. The number of hydrogen-bond donors (Lipinski definition) is 2. The Bertz CT molecular complexity index is 441. The number of hydrogen-bond acceptors (Lipinski definition) is 2. The first kappa shape index (κ1) is 16.0. The van der Waals surface area contributed by atoms with E-state index in [-0.39, 0.29) is 16.1 Å². The van der Waals surface area contributed by atoms with Gasteiger partial charge in [-0.1, -0.05) is 12.8 Å². The van der Waals surface area contributed by atoms with Crippen LogP contribution in [0.2, 0.25) is 0 Å². The summed E-state index contributed by atoms with van der Waals surface area (Å²) in [5, 5.41) is 2.43. The van der Waals surface area contributed by atoms with Gasteiger partial charge in [-0.15, -0.1) is 0 Å². The number of halogens is 3. The summed E-state index contributed by atoms with van der Waals surface area (Å²) in [6.45, 7) is 0.654. The van der Waals surface area contributed by atoms with E-state index in [1.54, 1.807) is 0 Å². The molecule has 0 spiro atoms. The quantitative estimate of drug-likeness (QED) is 0.591. The molecule has 0 aliphatic rings. The van der Waals surface area contributed by atoms with Crippen molar-refractivity contribution in [1.29, 1.82) is 0 Å². The van der Waals surface area contributed by atoms with Crippen LogP contribution in [0.4, 0.5) is 14.5 Å². The van der Waals surface area contributed by atoms with Crippen LogP contribution in [0, 0.1) is 11.6 Å². The van der Waals surface area contributed by atoms with Gasteiger partial charge in [-0.3, -0.25) is 4.79 Å². The van der Waals surface area contributed by atoms with Gasteiger partial charge in [-0.25, -0.2) is 8.78 Å². The molecule has 3 nitrogen and oxygen atoms in total. The van der Waals surface area contributed by atoms with Crippen LogP contribution in [-0.4, -0.2) is 12.5 Å². The number of anilines is 1. The van der Waals surface area contributed by atoms with Gasteiger partial charge in [0.05, 0.1) is 10.2 Å². The van der Waals surface area contributed by atoms with E-state index in [2.05, 4.69) is 21.2 Å². The summed E-state index contributed by atoms with van der Waals surface area (Å²) >= 11 is 2.95. The number of amides is 1. The molecule has 0 unspecified atom stereocenters. The monoisotopic (exact) mass is 334 g/mol. The molecular weight excluding hydrogens is 318 g/mol. The molecule has 0 bridgehead atoms. The van der Waals surface area contributed by atoms with Gasteiger partial charge in [-0.05, 0) is 41.4 Å². The number of nitrogens with two attached hydrogens (primary N) is 1. The van der Waals surface area contributed by atoms with Crippen LogP contribution in [0.3, 0.4) is 0 Å². The molecule has 0 aliphatic carbocycles.